The van der Waals surface area contributed by atoms with Gasteiger partial charge in [-0.3, -0.25) is 4.79 Å². The van der Waals surface area contributed by atoms with Gasteiger partial charge in [0.15, 0.2) is 5.60 Å². The Hall–Kier alpha value is -2.34. The van der Waals surface area contributed by atoms with Crippen molar-refractivity contribution in [3.8, 4) is 6.07 Å². The zero-order valence-electron chi connectivity index (χ0n) is 10.3. The maximum atomic E-state index is 11.5. The van der Waals surface area contributed by atoms with E-state index in [9.17, 15) is 4.79 Å². The highest BCUT2D eigenvalue weighted by Crippen LogP contribution is 2.25. The first-order valence-corrected chi connectivity index (χ1v) is 5.65. The molecule has 0 fully saturated rings. The third-order valence-electron chi connectivity index (χ3n) is 2.72. The molecule has 3 nitrogen and oxygen atoms in total. The van der Waals surface area contributed by atoms with E-state index in [1.807, 2.05) is 18.2 Å². The van der Waals surface area contributed by atoms with Crippen LogP contribution in [-0.4, -0.2) is 11.4 Å². The van der Waals surface area contributed by atoms with Crippen molar-refractivity contribution in [2.45, 2.75) is 19.4 Å². The van der Waals surface area contributed by atoms with Crippen molar-refractivity contribution in [2.75, 3.05) is 0 Å². The van der Waals surface area contributed by atoms with Gasteiger partial charge in [-0.2, -0.15) is 5.26 Å². The highest BCUT2D eigenvalue weighted by Gasteiger charge is 2.33. The van der Waals surface area contributed by atoms with Crippen LogP contribution in [0.2, 0.25) is 0 Å². The largest absolute Gasteiger partial charge is 0.480 e. The standard InChI is InChI=1S/C15H13NO2/c1-15(2)14(17)9-13(18-15)8-7-11-3-5-12(10-16)6-4-11/h3-9H,1-2H3/b8-7+. The van der Waals surface area contributed by atoms with Gasteiger partial charge in [0.2, 0.25) is 5.78 Å². The van der Waals surface area contributed by atoms with Gasteiger partial charge in [0.25, 0.3) is 0 Å². The Bertz CT molecular complexity index is 572. The Morgan fingerprint density at radius 2 is 1.89 bits per heavy atom. The molecule has 1 aromatic carbocycles. The number of hydrogen-bond donors (Lipinski definition) is 0. The van der Waals surface area contributed by atoms with Gasteiger partial charge in [0, 0.05) is 6.08 Å². The summed E-state index contributed by atoms with van der Waals surface area (Å²) in [6.45, 7) is 3.49. The van der Waals surface area contributed by atoms with Crippen LogP contribution in [0.25, 0.3) is 6.08 Å². The maximum absolute atomic E-state index is 11.5. The molecule has 1 aliphatic heterocycles. The lowest BCUT2D eigenvalue weighted by molar-refractivity contribution is -0.126. The van der Waals surface area contributed by atoms with Crippen LogP contribution in [0.15, 0.2) is 42.2 Å². The number of allylic oxidation sites excluding steroid dienone is 1. The van der Waals surface area contributed by atoms with E-state index in [0.717, 1.165) is 5.56 Å². The summed E-state index contributed by atoms with van der Waals surface area (Å²) in [5.74, 6) is 0.538. The Labute approximate surface area is 106 Å². The lowest BCUT2D eigenvalue weighted by Gasteiger charge is -2.16. The molecule has 0 unspecified atom stereocenters. The zero-order chi connectivity index (χ0) is 13.2. The van der Waals surface area contributed by atoms with E-state index in [-0.39, 0.29) is 5.78 Å². The summed E-state index contributed by atoms with van der Waals surface area (Å²) < 4.78 is 5.50. The number of benzene rings is 1. The van der Waals surface area contributed by atoms with Crippen molar-refractivity contribution < 1.29 is 9.53 Å². The molecule has 0 amide bonds. The van der Waals surface area contributed by atoms with Crippen molar-refractivity contribution in [3.63, 3.8) is 0 Å². The minimum Gasteiger partial charge on any atom is -0.480 e. The van der Waals surface area contributed by atoms with Crippen LogP contribution in [0.3, 0.4) is 0 Å². The number of nitriles is 1. The van der Waals surface area contributed by atoms with Crippen LogP contribution in [0.1, 0.15) is 25.0 Å². The number of carbonyl (C=O) groups excluding carboxylic acids is 1. The minimum atomic E-state index is -0.760. The second kappa shape index (κ2) is 4.50. The molecule has 0 aromatic heterocycles. The molecule has 1 aromatic rings. The van der Waals surface area contributed by atoms with E-state index in [0.29, 0.717) is 11.3 Å². The molecule has 18 heavy (non-hydrogen) atoms. The van der Waals surface area contributed by atoms with Crippen LogP contribution in [0.5, 0.6) is 0 Å². The van der Waals surface area contributed by atoms with Gasteiger partial charge in [-0.05, 0) is 37.6 Å². The maximum Gasteiger partial charge on any atom is 0.202 e. The first kappa shape index (κ1) is 12.1. The summed E-state index contributed by atoms with van der Waals surface area (Å²) in [4.78, 5) is 11.5. The third kappa shape index (κ3) is 2.49. The number of hydrogen-bond acceptors (Lipinski definition) is 3. The van der Waals surface area contributed by atoms with Gasteiger partial charge in [0.1, 0.15) is 5.76 Å². The third-order valence-corrected chi connectivity index (χ3v) is 2.72. The van der Waals surface area contributed by atoms with Crippen LogP contribution >= 0.6 is 0 Å². The zero-order valence-corrected chi connectivity index (χ0v) is 10.3. The molecular formula is C15H13NO2. The van der Waals surface area contributed by atoms with Gasteiger partial charge in [-0.25, -0.2) is 0 Å². The highest BCUT2D eigenvalue weighted by molar-refractivity contribution is 5.99. The fraction of sp³-hybridized carbons (Fsp3) is 0.200. The van der Waals surface area contributed by atoms with Crippen LogP contribution in [0, 0.1) is 11.3 Å². The lowest BCUT2D eigenvalue weighted by atomic mass is 10.1. The average Bonchev–Trinajstić information content (AvgIpc) is 2.61. The van der Waals surface area contributed by atoms with Crippen LogP contribution in [0.4, 0.5) is 0 Å². The Balaban J connectivity index is 2.11. The van der Waals surface area contributed by atoms with E-state index in [1.165, 1.54) is 6.08 Å². The van der Waals surface area contributed by atoms with Crippen molar-refractivity contribution in [1.29, 1.82) is 5.26 Å². The van der Waals surface area contributed by atoms with Crippen LogP contribution in [-0.2, 0) is 9.53 Å². The summed E-state index contributed by atoms with van der Waals surface area (Å²) in [7, 11) is 0. The molecule has 0 spiro atoms. The number of carbonyl (C=O) groups is 1. The molecule has 90 valence electrons. The summed E-state index contributed by atoms with van der Waals surface area (Å²) in [5.41, 5.74) is 0.820. The van der Waals surface area contributed by atoms with E-state index >= 15 is 0 Å². The summed E-state index contributed by atoms with van der Waals surface area (Å²) >= 11 is 0. The second-order valence-electron chi connectivity index (χ2n) is 4.59. The van der Waals surface area contributed by atoms with Crippen LogP contribution < -0.4 is 0 Å². The Morgan fingerprint density at radius 1 is 1.22 bits per heavy atom. The summed E-state index contributed by atoms with van der Waals surface area (Å²) in [6, 6.07) is 9.25. The van der Waals surface area contributed by atoms with E-state index in [2.05, 4.69) is 6.07 Å². The lowest BCUT2D eigenvalue weighted by Crippen LogP contribution is -2.27. The van der Waals surface area contributed by atoms with Gasteiger partial charge >= 0.3 is 0 Å². The van der Waals surface area contributed by atoms with Gasteiger partial charge in [0.05, 0.1) is 11.6 Å². The molecule has 0 radical (unpaired) electrons. The van der Waals surface area contributed by atoms with E-state index in [1.54, 1.807) is 32.1 Å². The molecule has 1 aliphatic rings. The second-order valence-corrected chi connectivity index (χ2v) is 4.59. The molecule has 0 bridgehead atoms. The Morgan fingerprint density at radius 3 is 2.39 bits per heavy atom. The molecule has 0 atom stereocenters. The molecular weight excluding hydrogens is 226 g/mol. The smallest absolute Gasteiger partial charge is 0.202 e. The monoisotopic (exact) mass is 239 g/mol. The first-order valence-electron chi connectivity index (χ1n) is 5.65. The van der Waals surface area contributed by atoms with E-state index in [4.69, 9.17) is 10.00 Å². The molecule has 3 heteroatoms. The number of ether oxygens (including phenoxy) is 1. The molecule has 0 N–H and O–H groups in total. The average molecular weight is 239 g/mol. The van der Waals surface area contributed by atoms with Gasteiger partial charge in [-0.1, -0.05) is 18.2 Å². The summed E-state index contributed by atoms with van der Waals surface area (Å²) in [5, 5.41) is 8.68. The van der Waals surface area contributed by atoms with E-state index < -0.39 is 5.60 Å². The van der Waals surface area contributed by atoms with Crippen molar-refractivity contribution >= 4 is 11.9 Å². The predicted octanol–water partition coefficient (Wildman–Crippen LogP) is 2.83. The molecule has 1 heterocycles. The minimum absolute atomic E-state index is 0.0259. The van der Waals surface area contributed by atoms with Crippen molar-refractivity contribution in [2.24, 2.45) is 0 Å². The highest BCUT2D eigenvalue weighted by atomic mass is 16.5. The normalized spacial score (nSPS) is 17.4. The SMILES string of the molecule is CC1(C)OC(/C=C/c2ccc(C#N)cc2)=CC1=O. The van der Waals surface area contributed by atoms with Crippen molar-refractivity contribution in [3.05, 3.63) is 53.3 Å². The fourth-order valence-corrected chi connectivity index (χ4v) is 1.61. The topological polar surface area (TPSA) is 50.1 Å². The number of nitrogens with zero attached hydrogens (tertiary/aromatic N) is 1. The van der Waals surface area contributed by atoms with Gasteiger partial charge < -0.3 is 4.74 Å². The quantitative estimate of drug-likeness (QED) is 0.797. The molecule has 0 saturated heterocycles. The number of rotatable bonds is 2. The fourth-order valence-electron chi connectivity index (χ4n) is 1.61. The molecule has 2 rings (SSSR count). The molecule has 0 saturated carbocycles. The Kier molecular flexibility index (Phi) is 3.03. The number of ketones is 1. The molecule has 0 aliphatic carbocycles. The summed E-state index contributed by atoms with van der Waals surface area (Å²) in [6.07, 6.45) is 5.11. The van der Waals surface area contributed by atoms with Crippen molar-refractivity contribution in [1.82, 2.24) is 0 Å². The first-order chi connectivity index (χ1) is 8.51. The van der Waals surface area contributed by atoms with Gasteiger partial charge in [-0.15, -0.1) is 0 Å². The predicted molar refractivity (Wildman–Crippen MR) is 68.4 cm³/mol.